The van der Waals surface area contributed by atoms with Crippen LogP contribution in [-0.4, -0.2) is 31.9 Å². The maximum atomic E-state index is 11.0. The molecule has 1 heterocycles. The minimum Gasteiger partial charge on any atom is -0.504 e. The Labute approximate surface area is 172 Å². The lowest BCUT2D eigenvalue weighted by atomic mass is 9.90. The maximum absolute atomic E-state index is 11.0. The standard InChI is InChI=1S/C25H27NO3/c1-28-21-10-8-18-12-13-26-20(14-17-6-4-3-5-7-17)15-19-9-11-23(29-2)25(27)24(19)22(18)16-21/h3-11,16,20,26-27H,12-15H2,1-2H3. The van der Waals surface area contributed by atoms with E-state index in [1.165, 1.54) is 11.1 Å². The van der Waals surface area contributed by atoms with E-state index in [4.69, 9.17) is 9.47 Å². The van der Waals surface area contributed by atoms with Crippen LogP contribution in [0.4, 0.5) is 0 Å². The van der Waals surface area contributed by atoms with Gasteiger partial charge in [0.25, 0.3) is 0 Å². The van der Waals surface area contributed by atoms with Gasteiger partial charge in [0.15, 0.2) is 11.5 Å². The van der Waals surface area contributed by atoms with Gasteiger partial charge in [0.2, 0.25) is 0 Å². The van der Waals surface area contributed by atoms with Crippen molar-refractivity contribution in [1.82, 2.24) is 5.32 Å². The average molecular weight is 389 g/mol. The third-order valence-corrected chi connectivity index (χ3v) is 5.65. The van der Waals surface area contributed by atoms with Crippen molar-refractivity contribution < 1.29 is 14.6 Å². The summed E-state index contributed by atoms with van der Waals surface area (Å²) < 4.78 is 10.9. The molecule has 0 aromatic heterocycles. The predicted octanol–water partition coefficient (Wildman–Crippen LogP) is 4.38. The summed E-state index contributed by atoms with van der Waals surface area (Å²) in [6, 6.07) is 20.8. The number of ether oxygens (including phenoxy) is 2. The molecule has 0 bridgehead atoms. The van der Waals surface area contributed by atoms with Crippen LogP contribution < -0.4 is 14.8 Å². The predicted molar refractivity (Wildman–Crippen MR) is 116 cm³/mol. The zero-order valence-corrected chi connectivity index (χ0v) is 16.9. The number of phenols is 1. The topological polar surface area (TPSA) is 50.7 Å². The molecule has 0 radical (unpaired) electrons. The van der Waals surface area contributed by atoms with Crippen molar-refractivity contribution in [1.29, 1.82) is 0 Å². The highest BCUT2D eigenvalue weighted by atomic mass is 16.5. The Bertz CT molecular complexity index is 985. The Kier molecular flexibility index (Phi) is 5.72. The Morgan fingerprint density at radius 2 is 1.76 bits per heavy atom. The second-order valence-corrected chi connectivity index (χ2v) is 7.47. The van der Waals surface area contributed by atoms with E-state index < -0.39 is 0 Å². The molecule has 0 fully saturated rings. The molecule has 2 N–H and O–H groups in total. The van der Waals surface area contributed by atoms with Crippen molar-refractivity contribution in [3.63, 3.8) is 0 Å². The van der Waals surface area contributed by atoms with E-state index in [0.29, 0.717) is 5.75 Å². The highest BCUT2D eigenvalue weighted by molar-refractivity contribution is 5.80. The van der Waals surface area contributed by atoms with E-state index in [2.05, 4.69) is 41.7 Å². The second kappa shape index (κ2) is 8.58. The van der Waals surface area contributed by atoms with E-state index in [-0.39, 0.29) is 11.8 Å². The van der Waals surface area contributed by atoms with Gasteiger partial charge in [-0.15, -0.1) is 0 Å². The van der Waals surface area contributed by atoms with Crippen molar-refractivity contribution in [3.05, 3.63) is 77.4 Å². The molecule has 4 nitrogen and oxygen atoms in total. The molecule has 3 aromatic carbocycles. The zero-order chi connectivity index (χ0) is 20.2. The fraction of sp³-hybridized carbons (Fsp3) is 0.280. The molecule has 1 aliphatic rings. The average Bonchev–Trinajstić information content (AvgIpc) is 2.82. The van der Waals surface area contributed by atoms with E-state index >= 15 is 0 Å². The van der Waals surface area contributed by atoms with E-state index in [0.717, 1.165) is 48.2 Å². The minimum atomic E-state index is 0.194. The molecular formula is C25H27NO3. The molecule has 0 aliphatic carbocycles. The number of benzene rings is 3. The molecule has 29 heavy (non-hydrogen) atoms. The first kappa shape index (κ1) is 19.3. The number of phenolic OH excluding ortho intramolecular Hbond substituents is 1. The second-order valence-electron chi connectivity index (χ2n) is 7.47. The zero-order valence-electron chi connectivity index (χ0n) is 16.9. The first-order chi connectivity index (χ1) is 14.2. The van der Waals surface area contributed by atoms with E-state index in [9.17, 15) is 5.11 Å². The van der Waals surface area contributed by atoms with Gasteiger partial charge < -0.3 is 19.9 Å². The Balaban J connectivity index is 1.80. The summed E-state index contributed by atoms with van der Waals surface area (Å²) in [6.45, 7) is 0.878. The number of hydrogen-bond acceptors (Lipinski definition) is 4. The van der Waals surface area contributed by atoms with Gasteiger partial charge >= 0.3 is 0 Å². The molecule has 0 saturated heterocycles. The van der Waals surface area contributed by atoms with Crippen LogP contribution in [0, 0.1) is 0 Å². The van der Waals surface area contributed by atoms with Gasteiger partial charge in [0.05, 0.1) is 14.2 Å². The summed E-state index contributed by atoms with van der Waals surface area (Å²) in [6.07, 6.45) is 2.63. The smallest absolute Gasteiger partial charge is 0.165 e. The van der Waals surface area contributed by atoms with Crippen LogP contribution in [0.25, 0.3) is 11.1 Å². The van der Waals surface area contributed by atoms with Crippen molar-refractivity contribution in [2.75, 3.05) is 20.8 Å². The third-order valence-electron chi connectivity index (χ3n) is 5.65. The summed E-state index contributed by atoms with van der Waals surface area (Å²) in [5.74, 6) is 1.47. The molecular weight excluding hydrogens is 362 g/mol. The highest BCUT2D eigenvalue weighted by Crippen LogP contribution is 2.43. The minimum absolute atomic E-state index is 0.194. The fourth-order valence-corrected chi connectivity index (χ4v) is 4.17. The van der Waals surface area contributed by atoms with Crippen molar-refractivity contribution in [3.8, 4) is 28.4 Å². The van der Waals surface area contributed by atoms with Crippen molar-refractivity contribution in [2.45, 2.75) is 25.3 Å². The molecule has 4 heteroatoms. The number of methoxy groups -OCH3 is 2. The van der Waals surface area contributed by atoms with E-state index in [1.54, 1.807) is 14.2 Å². The number of rotatable bonds is 4. The molecule has 0 saturated carbocycles. The fourth-order valence-electron chi connectivity index (χ4n) is 4.17. The van der Waals surface area contributed by atoms with Gasteiger partial charge in [-0.25, -0.2) is 0 Å². The summed E-state index contributed by atoms with van der Waals surface area (Å²) >= 11 is 0. The van der Waals surface area contributed by atoms with Crippen LogP contribution in [-0.2, 0) is 19.3 Å². The van der Waals surface area contributed by atoms with Crippen LogP contribution >= 0.6 is 0 Å². The number of nitrogens with one attached hydrogen (secondary N) is 1. The molecule has 4 rings (SSSR count). The maximum Gasteiger partial charge on any atom is 0.165 e. The molecule has 3 aromatic rings. The number of hydrogen-bond donors (Lipinski definition) is 2. The van der Waals surface area contributed by atoms with Crippen LogP contribution in [0.15, 0.2) is 60.7 Å². The van der Waals surface area contributed by atoms with E-state index in [1.807, 2.05) is 24.3 Å². The number of fused-ring (bicyclic) bond motifs is 3. The summed E-state index contributed by atoms with van der Waals surface area (Å²) in [5, 5.41) is 14.8. The van der Waals surface area contributed by atoms with Crippen LogP contribution in [0.3, 0.4) is 0 Å². The number of aromatic hydroxyl groups is 1. The first-order valence-corrected chi connectivity index (χ1v) is 10.0. The van der Waals surface area contributed by atoms with Crippen LogP contribution in [0.2, 0.25) is 0 Å². The normalized spacial score (nSPS) is 16.0. The van der Waals surface area contributed by atoms with Crippen molar-refractivity contribution in [2.24, 2.45) is 0 Å². The molecule has 0 spiro atoms. The van der Waals surface area contributed by atoms with Crippen LogP contribution in [0.5, 0.6) is 17.2 Å². The van der Waals surface area contributed by atoms with Gasteiger partial charge in [-0.3, -0.25) is 0 Å². The largest absolute Gasteiger partial charge is 0.504 e. The lowest BCUT2D eigenvalue weighted by molar-refractivity contribution is 0.374. The van der Waals surface area contributed by atoms with Gasteiger partial charge in [-0.1, -0.05) is 42.5 Å². The lowest BCUT2D eigenvalue weighted by Gasteiger charge is -2.20. The SMILES string of the molecule is COc1ccc2c(c1)-c1c(ccc(OC)c1O)CC(Cc1ccccc1)NCC2. The summed E-state index contributed by atoms with van der Waals surface area (Å²) in [4.78, 5) is 0. The Morgan fingerprint density at radius 1 is 0.966 bits per heavy atom. The van der Waals surface area contributed by atoms with Gasteiger partial charge in [-0.2, -0.15) is 0 Å². The molecule has 1 unspecified atom stereocenters. The van der Waals surface area contributed by atoms with Gasteiger partial charge in [0.1, 0.15) is 5.75 Å². The van der Waals surface area contributed by atoms with Gasteiger partial charge in [-0.05, 0) is 66.3 Å². The molecule has 150 valence electrons. The van der Waals surface area contributed by atoms with Crippen LogP contribution in [0.1, 0.15) is 16.7 Å². The molecule has 0 amide bonds. The Morgan fingerprint density at radius 3 is 2.52 bits per heavy atom. The molecule has 1 aliphatic heterocycles. The summed E-state index contributed by atoms with van der Waals surface area (Å²) in [7, 11) is 3.25. The van der Waals surface area contributed by atoms with Crippen molar-refractivity contribution >= 4 is 0 Å². The quantitative estimate of drug-likeness (QED) is 0.695. The van der Waals surface area contributed by atoms with Gasteiger partial charge in [0, 0.05) is 11.6 Å². The summed E-state index contributed by atoms with van der Waals surface area (Å²) in [5.41, 5.74) is 5.46. The first-order valence-electron chi connectivity index (χ1n) is 10.0. The monoisotopic (exact) mass is 389 g/mol. The lowest BCUT2D eigenvalue weighted by Crippen LogP contribution is -2.34. The Hall–Kier alpha value is -2.98. The molecule has 1 atom stereocenters. The highest BCUT2D eigenvalue weighted by Gasteiger charge is 2.23. The third kappa shape index (κ3) is 4.08.